The Morgan fingerprint density at radius 2 is 1.89 bits per heavy atom. The minimum Gasteiger partial charge on any atom is -0.495 e. The van der Waals surface area contributed by atoms with Crippen LogP contribution in [0, 0.1) is 0 Å². The van der Waals surface area contributed by atoms with Crippen LogP contribution in [0.5, 0.6) is 5.75 Å². The summed E-state index contributed by atoms with van der Waals surface area (Å²) in [6.07, 6.45) is 1.95. The van der Waals surface area contributed by atoms with Gasteiger partial charge in [-0.05, 0) is 50.6 Å². The van der Waals surface area contributed by atoms with Crippen molar-refractivity contribution >= 4 is 46.6 Å². The third-order valence-electron chi connectivity index (χ3n) is 4.23. The van der Waals surface area contributed by atoms with Gasteiger partial charge < -0.3 is 15.4 Å². The molecule has 2 rings (SSSR count). The lowest BCUT2D eigenvalue weighted by Gasteiger charge is -2.24. The number of anilines is 2. The van der Waals surface area contributed by atoms with Gasteiger partial charge in [0.15, 0.2) is 0 Å². The molecule has 150 valence electrons. The highest BCUT2D eigenvalue weighted by atomic mass is 35.5. The number of thioether (sulfide) groups is 1. The zero-order valence-corrected chi connectivity index (χ0v) is 17.9. The van der Waals surface area contributed by atoms with Crippen molar-refractivity contribution in [3.8, 4) is 5.75 Å². The van der Waals surface area contributed by atoms with Gasteiger partial charge in [0.1, 0.15) is 5.75 Å². The fourth-order valence-electron chi connectivity index (χ4n) is 2.52. The van der Waals surface area contributed by atoms with Crippen molar-refractivity contribution < 1.29 is 14.3 Å². The molecule has 0 bridgehead atoms. The molecule has 0 saturated carbocycles. The number of carbonyl (C=O) groups is 2. The minimum absolute atomic E-state index is 0.0734. The summed E-state index contributed by atoms with van der Waals surface area (Å²) in [5.41, 5.74) is 1.24. The number of amides is 2. The lowest BCUT2D eigenvalue weighted by Crippen LogP contribution is -2.43. The second-order valence-corrected chi connectivity index (χ2v) is 7.46. The SMILES string of the molecule is COc1ccc(Cl)cc1NC(=O)[C@@H](C)N(C)CC(=O)Nc1ccccc1SC. The van der Waals surface area contributed by atoms with Crippen molar-refractivity contribution in [1.82, 2.24) is 4.90 Å². The fraction of sp³-hybridized carbons (Fsp3) is 0.300. The average Bonchev–Trinajstić information content (AvgIpc) is 2.67. The number of likely N-dealkylation sites (N-methyl/N-ethyl adjacent to an activating group) is 1. The maximum atomic E-state index is 12.6. The van der Waals surface area contributed by atoms with Crippen LogP contribution >= 0.6 is 23.4 Å². The Hall–Kier alpha value is -2.22. The van der Waals surface area contributed by atoms with E-state index in [4.69, 9.17) is 16.3 Å². The summed E-state index contributed by atoms with van der Waals surface area (Å²) in [5, 5.41) is 6.18. The van der Waals surface area contributed by atoms with Gasteiger partial charge in [0, 0.05) is 9.92 Å². The Morgan fingerprint density at radius 1 is 1.18 bits per heavy atom. The van der Waals surface area contributed by atoms with Gasteiger partial charge in [-0.3, -0.25) is 14.5 Å². The Morgan fingerprint density at radius 3 is 2.57 bits per heavy atom. The van der Waals surface area contributed by atoms with Crippen LogP contribution in [-0.2, 0) is 9.59 Å². The van der Waals surface area contributed by atoms with E-state index < -0.39 is 6.04 Å². The van der Waals surface area contributed by atoms with E-state index in [-0.39, 0.29) is 18.4 Å². The minimum atomic E-state index is -0.537. The van der Waals surface area contributed by atoms with E-state index in [1.807, 2.05) is 30.5 Å². The first-order valence-electron chi connectivity index (χ1n) is 8.63. The van der Waals surface area contributed by atoms with Crippen LogP contribution in [0.15, 0.2) is 47.4 Å². The average molecular weight is 422 g/mol. The molecule has 28 heavy (non-hydrogen) atoms. The molecule has 0 radical (unpaired) electrons. The van der Waals surface area contributed by atoms with E-state index in [1.54, 1.807) is 48.8 Å². The zero-order chi connectivity index (χ0) is 20.7. The summed E-state index contributed by atoms with van der Waals surface area (Å²) in [5.74, 6) is 0.0587. The van der Waals surface area contributed by atoms with Crippen LogP contribution in [0.2, 0.25) is 5.02 Å². The van der Waals surface area contributed by atoms with Crippen molar-refractivity contribution in [1.29, 1.82) is 0 Å². The summed E-state index contributed by atoms with van der Waals surface area (Å²) in [7, 11) is 3.24. The van der Waals surface area contributed by atoms with Crippen molar-refractivity contribution in [2.75, 3.05) is 37.6 Å². The maximum absolute atomic E-state index is 12.6. The number of para-hydroxylation sites is 1. The molecule has 2 N–H and O–H groups in total. The molecule has 0 aromatic heterocycles. The lowest BCUT2D eigenvalue weighted by atomic mass is 10.2. The maximum Gasteiger partial charge on any atom is 0.241 e. The van der Waals surface area contributed by atoms with E-state index >= 15 is 0 Å². The van der Waals surface area contributed by atoms with E-state index in [9.17, 15) is 9.59 Å². The van der Waals surface area contributed by atoms with E-state index in [2.05, 4.69) is 10.6 Å². The Labute approximate surface area is 174 Å². The number of halogens is 1. The quantitative estimate of drug-likeness (QED) is 0.631. The number of nitrogens with zero attached hydrogens (tertiary/aromatic N) is 1. The van der Waals surface area contributed by atoms with Gasteiger partial charge in [-0.2, -0.15) is 0 Å². The Balaban J connectivity index is 1.98. The molecule has 6 nitrogen and oxygen atoms in total. The van der Waals surface area contributed by atoms with Gasteiger partial charge in [0.25, 0.3) is 0 Å². The largest absolute Gasteiger partial charge is 0.495 e. The van der Waals surface area contributed by atoms with Crippen molar-refractivity contribution in [3.63, 3.8) is 0 Å². The summed E-state index contributed by atoms with van der Waals surface area (Å²) in [6, 6.07) is 12.0. The molecule has 0 spiro atoms. The number of methoxy groups -OCH3 is 1. The Bertz CT molecular complexity index is 847. The van der Waals surface area contributed by atoms with Crippen LogP contribution in [0.3, 0.4) is 0 Å². The molecule has 0 aliphatic rings. The van der Waals surface area contributed by atoms with Crippen LogP contribution in [0.4, 0.5) is 11.4 Å². The predicted octanol–water partition coefficient (Wildman–Crippen LogP) is 3.97. The smallest absolute Gasteiger partial charge is 0.241 e. The molecular formula is C20H24ClN3O3S. The predicted molar refractivity (Wildman–Crippen MR) is 116 cm³/mol. The normalized spacial score (nSPS) is 11.8. The van der Waals surface area contributed by atoms with Crippen molar-refractivity contribution in [3.05, 3.63) is 47.5 Å². The third-order valence-corrected chi connectivity index (χ3v) is 5.26. The van der Waals surface area contributed by atoms with Crippen LogP contribution in [0.1, 0.15) is 6.92 Å². The van der Waals surface area contributed by atoms with Gasteiger partial charge in [0.05, 0.1) is 31.1 Å². The number of carbonyl (C=O) groups excluding carboxylic acids is 2. The molecule has 0 aliphatic carbocycles. The summed E-state index contributed by atoms with van der Waals surface area (Å²) in [4.78, 5) is 27.6. The van der Waals surface area contributed by atoms with Gasteiger partial charge in [-0.15, -0.1) is 11.8 Å². The van der Waals surface area contributed by atoms with Crippen molar-refractivity contribution in [2.24, 2.45) is 0 Å². The fourth-order valence-corrected chi connectivity index (χ4v) is 3.24. The van der Waals surface area contributed by atoms with Gasteiger partial charge in [0.2, 0.25) is 11.8 Å². The van der Waals surface area contributed by atoms with Crippen LogP contribution in [0.25, 0.3) is 0 Å². The van der Waals surface area contributed by atoms with E-state index in [0.717, 1.165) is 10.6 Å². The highest BCUT2D eigenvalue weighted by molar-refractivity contribution is 7.98. The standard InChI is InChI=1S/C20H24ClN3O3S/c1-13(20(26)23-16-11-14(21)9-10-17(16)27-3)24(2)12-19(25)22-15-7-5-6-8-18(15)28-4/h5-11,13H,12H2,1-4H3,(H,22,25)(H,23,26)/t13-/m1/s1. The third kappa shape index (κ3) is 5.89. The van der Waals surface area contributed by atoms with E-state index in [0.29, 0.717) is 16.5 Å². The number of hydrogen-bond donors (Lipinski definition) is 2. The first-order valence-corrected chi connectivity index (χ1v) is 10.2. The van der Waals surface area contributed by atoms with E-state index in [1.165, 1.54) is 7.11 Å². The zero-order valence-electron chi connectivity index (χ0n) is 16.3. The Kier molecular flexibility index (Phi) is 8.17. The summed E-state index contributed by atoms with van der Waals surface area (Å²) in [6.45, 7) is 1.81. The first-order chi connectivity index (χ1) is 13.3. The van der Waals surface area contributed by atoms with Gasteiger partial charge >= 0.3 is 0 Å². The molecular weight excluding hydrogens is 398 g/mol. The second-order valence-electron chi connectivity index (χ2n) is 6.17. The number of benzene rings is 2. The van der Waals surface area contributed by atoms with Crippen molar-refractivity contribution in [2.45, 2.75) is 17.9 Å². The molecule has 0 aliphatic heterocycles. The van der Waals surface area contributed by atoms with Gasteiger partial charge in [-0.1, -0.05) is 23.7 Å². The first kappa shape index (κ1) is 22.1. The number of hydrogen-bond acceptors (Lipinski definition) is 5. The highest BCUT2D eigenvalue weighted by Gasteiger charge is 2.21. The monoisotopic (exact) mass is 421 g/mol. The molecule has 2 aromatic rings. The second kappa shape index (κ2) is 10.4. The molecule has 0 unspecified atom stereocenters. The number of ether oxygens (including phenoxy) is 1. The number of rotatable bonds is 8. The molecule has 2 amide bonds. The molecule has 1 atom stereocenters. The highest BCUT2D eigenvalue weighted by Crippen LogP contribution is 2.28. The summed E-state index contributed by atoms with van der Waals surface area (Å²) >= 11 is 7.56. The molecule has 2 aromatic carbocycles. The lowest BCUT2D eigenvalue weighted by molar-refractivity contribution is -0.122. The number of nitrogens with one attached hydrogen (secondary N) is 2. The molecule has 0 heterocycles. The molecule has 0 saturated heterocycles. The topological polar surface area (TPSA) is 70.7 Å². The summed E-state index contributed by atoms with van der Waals surface area (Å²) < 4.78 is 5.24. The molecule has 0 fully saturated rings. The van der Waals surface area contributed by atoms with Crippen LogP contribution in [-0.4, -0.2) is 49.7 Å². The van der Waals surface area contributed by atoms with Crippen LogP contribution < -0.4 is 15.4 Å². The molecule has 8 heteroatoms. The van der Waals surface area contributed by atoms with Gasteiger partial charge in [-0.25, -0.2) is 0 Å².